The molecule has 1 atom stereocenters. The van der Waals surface area contributed by atoms with Gasteiger partial charge in [0.05, 0.1) is 12.3 Å². The molecule has 9 heteroatoms. The van der Waals surface area contributed by atoms with Crippen LogP contribution in [0.5, 0.6) is 5.75 Å². The number of esters is 1. The van der Waals surface area contributed by atoms with Crippen molar-refractivity contribution in [2.24, 2.45) is 0 Å². The Morgan fingerprint density at radius 3 is 2.59 bits per heavy atom. The number of carbonyl (C=O) groups is 2. The van der Waals surface area contributed by atoms with E-state index in [1.54, 1.807) is 30.3 Å². The second kappa shape index (κ2) is 14.4. The molecular formula is C25H27F2NO6. The monoisotopic (exact) mass is 475 g/mol. The van der Waals surface area contributed by atoms with Crippen LogP contribution in [0.25, 0.3) is 0 Å². The van der Waals surface area contributed by atoms with Crippen LogP contribution in [0.4, 0.5) is 19.3 Å². The molecule has 182 valence electrons. The van der Waals surface area contributed by atoms with Gasteiger partial charge in [0, 0.05) is 12.1 Å². The Kier molecular flexibility index (Phi) is 11.3. The molecule has 0 aromatic heterocycles. The fourth-order valence-electron chi connectivity index (χ4n) is 2.89. The Labute approximate surface area is 196 Å². The first-order valence-corrected chi connectivity index (χ1v) is 10.6. The maximum atomic E-state index is 13.9. The van der Waals surface area contributed by atoms with Crippen LogP contribution in [0, 0.1) is 11.6 Å². The lowest BCUT2D eigenvalue weighted by Crippen LogP contribution is -2.18. The van der Waals surface area contributed by atoms with E-state index in [1.165, 1.54) is 12.2 Å². The summed E-state index contributed by atoms with van der Waals surface area (Å²) in [4.78, 5) is 23.9. The number of ether oxygens (including phenoxy) is 3. The van der Waals surface area contributed by atoms with Crippen molar-refractivity contribution in [3.05, 3.63) is 84.5 Å². The van der Waals surface area contributed by atoms with Crippen molar-refractivity contribution in [3.63, 3.8) is 0 Å². The molecule has 0 spiro atoms. The summed E-state index contributed by atoms with van der Waals surface area (Å²) < 4.78 is 42.6. The molecule has 0 saturated heterocycles. The summed E-state index contributed by atoms with van der Waals surface area (Å²) in [6.45, 7) is 3.61. The quantitative estimate of drug-likeness (QED) is 0.182. The van der Waals surface area contributed by atoms with E-state index in [2.05, 4.69) is 11.9 Å². The Morgan fingerprint density at radius 2 is 1.91 bits per heavy atom. The summed E-state index contributed by atoms with van der Waals surface area (Å²) in [6, 6.07) is 9.56. The molecule has 0 aliphatic carbocycles. The third-order valence-electron chi connectivity index (χ3n) is 4.46. The van der Waals surface area contributed by atoms with Crippen LogP contribution >= 0.6 is 0 Å². The average Bonchev–Trinajstić information content (AvgIpc) is 2.82. The Hall–Kier alpha value is -3.72. The highest BCUT2D eigenvalue weighted by atomic mass is 19.1. The Morgan fingerprint density at radius 1 is 1.15 bits per heavy atom. The molecule has 0 unspecified atom stereocenters. The van der Waals surface area contributed by atoms with Crippen molar-refractivity contribution in [1.82, 2.24) is 0 Å². The van der Waals surface area contributed by atoms with Crippen LogP contribution in [0.3, 0.4) is 0 Å². The number of hydrogen-bond acceptors (Lipinski definition) is 6. The van der Waals surface area contributed by atoms with E-state index in [0.29, 0.717) is 36.6 Å². The molecule has 0 fully saturated rings. The van der Waals surface area contributed by atoms with Crippen molar-refractivity contribution < 1.29 is 37.7 Å². The van der Waals surface area contributed by atoms with Gasteiger partial charge in [-0.05, 0) is 49.1 Å². The highest BCUT2D eigenvalue weighted by Gasteiger charge is 2.18. The number of aliphatic hydroxyl groups is 1. The maximum Gasteiger partial charge on any atom is 0.412 e. The number of aliphatic hydroxyl groups excluding tert-OH is 1. The summed E-state index contributed by atoms with van der Waals surface area (Å²) in [5.41, 5.74) is 0.458. The lowest BCUT2D eigenvalue weighted by molar-refractivity contribution is -0.136. The molecule has 2 aromatic carbocycles. The van der Waals surface area contributed by atoms with Crippen LogP contribution in [-0.2, 0) is 14.3 Å². The first-order valence-electron chi connectivity index (χ1n) is 10.6. The standard InChI is InChI=1S/C25H27F2NO6/c1-2-15-33-24(30)7-5-3-4-6-23(18-8-11-20(12-9-18)32-16-14-29)34-25(31)28-22-13-10-19(26)17-21(22)27/h2,5,7-13,17,23,29H,1,3-4,6,14-16H2,(H,28,31)/b7-5+/t23-/m0/s1. The van der Waals surface area contributed by atoms with Gasteiger partial charge < -0.3 is 19.3 Å². The molecule has 2 rings (SSSR count). The second-order valence-corrected chi connectivity index (χ2v) is 7.04. The van der Waals surface area contributed by atoms with Gasteiger partial charge in [0.1, 0.15) is 36.7 Å². The van der Waals surface area contributed by atoms with E-state index in [1.807, 2.05) is 0 Å². The van der Waals surface area contributed by atoms with Crippen LogP contribution in [-0.4, -0.2) is 37.0 Å². The zero-order valence-corrected chi connectivity index (χ0v) is 18.5. The number of carbonyl (C=O) groups excluding carboxylic acids is 2. The second-order valence-electron chi connectivity index (χ2n) is 7.04. The number of anilines is 1. The number of rotatable bonds is 13. The molecule has 34 heavy (non-hydrogen) atoms. The fourth-order valence-corrected chi connectivity index (χ4v) is 2.89. The molecule has 0 saturated carbocycles. The number of unbranched alkanes of at least 4 members (excludes halogenated alkanes) is 1. The molecule has 0 aliphatic rings. The van der Waals surface area contributed by atoms with E-state index in [9.17, 15) is 18.4 Å². The first-order chi connectivity index (χ1) is 16.4. The first kappa shape index (κ1) is 26.5. The molecule has 2 N–H and O–H groups in total. The van der Waals surface area contributed by atoms with E-state index >= 15 is 0 Å². The van der Waals surface area contributed by atoms with Gasteiger partial charge in [0.15, 0.2) is 0 Å². The predicted octanol–water partition coefficient (Wildman–Crippen LogP) is 5.08. The van der Waals surface area contributed by atoms with Crippen LogP contribution in [0.15, 0.2) is 67.3 Å². The van der Waals surface area contributed by atoms with Gasteiger partial charge in [0.2, 0.25) is 0 Å². The van der Waals surface area contributed by atoms with Gasteiger partial charge in [-0.25, -0.2) is 18.4 Å². The zero-order chi connectivity index (χ0) is 24.8. The van der Waals surface area contributed by atoms with Gasteiger partial charge in [-0.3, -0.25) is 5.32 Å². The van der Waals surface area contributed by atoms with Gasteiger partial charge in [-0.1, -0.05) is 30.9 Å². The molecule has 0 heterocycles. The van der Waals surface area contributed by atoms with Gasteiger partial charge in [-0.2, -0.15) is 0 Å². The highest BCUT2D eigenvalue weighted by molar-refractivity contribution is 5.85. The van der Waals surface area contributed by atoms with Gasteiger partial charge >= 0.3 is 12.1 Å². The van der Waals surface area contributed by atoms with Crippen molar-refractivity contribution >= 4 is 17.7 Å². The number of nitrogens with one attached hydrogen (secondary N) is 1. The number of benzene rings is 2. The third-order valence-corrected chi connectivity index (χ3v) is 4.46. The van der Waals surface area contributed by atoms with Crippen molar-refractivity contribution in [3.8, 4) is 5.75 Å². The lowest BCUT2D eigenvalue weighted by Gasteiger charge is -2.19. The average molecular weight is 475 g/mol. The molecule has 0 aliphatic heterocycles. The van der Waals surface area contributed by atoms with Crippen molar-refractivity contribution in [1.29, 1.82) is 0 Å². The van der Waals surface area contributed by atoms with Crippen LogP contribution < -0.4 is 10.1 Å². The summed E-state index contributed by atoms with van der Waals surface area (Å²) in [6.07, 6.45) is 4.35. The topological polar surface area (TPSA) is 94.1 Å². The minimum Gasteiger partial charge on any atom is -0.491 e. The molecule has 0 radical (unpaired) electrons. The molecular weight excluding hydrogens is 448 g/mol. The smallest absolute Gasteiger partial charge is 0.412 e. The van der Waals surface area contributed by atoms with Crippen molar-refractivity contribution in [2.75, 3.05) is 25.1 Å². The summed E-state index contributed by atoms with van der Waals surface area (Å²) in [5.74, 6) is -1.63. The number of halogens is 2. The van der Waals surface area contributed by atoms with Gasteiger partial charge in [0.25, 0.3) is 0 Å². The third kappa shape index (κ3) is 9.41. The van der Waals surface area contributed by atoms with Crippen molar-refractivity contribution in [2.45, 2.75) is 25.4 Å². The summed E-state index contributed by atoms with van der Waals surface area (Å²) in [7, 11) is 0. The van der Waals surface area contributed by atoms with Crippen LogP contribution in [0.2, 0.25) is 0 Å². The number of amides is 1. The Bertz CT molecular complexity index is 978. The SMILES string of the molecule is C=CCOC(=O)/C=C/CCC[C@H](OC(=O)Nc1ccc(F)cc1F)c1ccc(OCCO)cc1. The minimum absolute atomic E-state index is 0.123. The highest BCUT2D eigenvalue weighted by Crippen LogP contribution is 2.27. The molecule has 1 amide bonds. The summed E-state index contributed by atoms with van der Waals surface area (Å²) >= 11 is 0. The fraction of sp³-hybridized carbons (Fsp3) is 0.280. The normalized spacial score (nSPS) is 11.6. The zero-order valence-electron chi connectivity index (χ0n) is 18.5. The molecule has 7 nitrogen and oxygen atoms in total. The number of hydrogen-bond donors (Lipinski definition) is 2. The van der Waals surface area contributed by atoms with E-state index in [0.717, 1.165) is 12.1 Å². The Balaban J connectivity index is 2.02. The minimum atomic E-state index is -0.924. The summed E-state index contributed by atoms with van der Waals surface area (Å²) in [5, 5.41) is 11.1. The largest absolute Gasteiger partial charge is 0.491 e. The maximum absolute atomic E-state index is 13.9. The van der Waals surface area contributed by atoms with Gasteiger partial charge in [-0.15, -0.1) is 0 Å². The van der Waals surface area contributed by atoms with E-state index < -0.39 is 29.8 Å². The van der Waals surface area contributed by atoms with E-state index in [4.69, 9.17) is 19.3 Å². The lowest BCUT2D eigenvalue weighted by atomic mass is 10.0. The van der Waals surface area contributed by atoms with E-state index in [-0.39, 0.29) is 25.5 Å². The molecule has 0 bridgehead atoms. The molecule has 2 aromatic rings. The van der Waals surface area contributed by atoms with Crippen LogP contribution in [0.1, 0.15) is 30.9 Å². The predicted molar refractivity (Wildman–Crippen MR) is 122 cm³/mol. The number of allylic oxidation sites excluding steroid dienone is 1.